The quantitative estimate of drug-likeness (QED) is 0.725. The second-order valence-electron chi connectivity index (χ2n) is 3.94. The van der Waals surface area contributed by atoms with E-state index in [1.54, 1.807) is 13.2 Å². The molecule has 6 nitrogen and oxygen atoms in total. The molecule has 4 N–H and O–H groups in total. The van der Waals surface area contributed by atoms with Gasteiger partial charge in [0.1, 0.15) is 18.0 Å². The predicted octanol–water partition coefficient (Wildman–Crippen LogP) is -0.389. The summed E-state index contributed by atoms with van der Waals surface area (Å²) in [6, 6.07) is 2.03. The monoisotopic (exact) mass is 223 g/mol. The Hall–Kier alpha value is -1.40. The van der Waals surface area contributed by atoms with Crippen molar-refractivity contribution in [2.75, 3.05) is 30.8 Å². The van der Waals surface area contributed by atoms with Crippen LogP contribution in [0.2, 0.25) is 0 Å². The molecule has 1 aliphatic heterocycles. The van der Waals surface area contributed by atoms with Gasteiger partial charge in [-0.25, -0.2) is 9.97 Å². The van der Waals surface area contributed by atoms with Crippen molar-refractivity contribution in [2.45, 2.75) is 18.6 Å². The summed E-state index contributed by atoms with van der Waals surface area (Å²) in [7, 11) is 1.72. The summed E-state index contributed by atoms with van der Waals surface area (Å²) in [6.07, 6.45) is 2.61. The van der Waals surface area contributed by atoms with E-state index in [1.165, 1.54) is 6.33 Å². The number of anilines is 2. The van der Waals surface area contributed by atoms with Gasteiger partial charge in [0.15, 0.2) is 0 Å². The normalized spacial score (nSPS) is 25.0. The summed E-state index contributed by atoms with van der Waals surface area (Å²) >= 11 is 0. The fraction of sp³-hybridized carbons (Fsp3) is 0.600. The fourth-order valence-electron chi connectivity index (χ4n) is 2.07. The summed E-state index contributed by atoms with van der Waals surface area (Å²) in [6.45, 7) is 1.39. The average molecular weight is 223 g/mol. The largest absolute Gasteiger partial charge is 0.384 e. The Morgan fingerprint density at radius 1 is 1.56 bits per heavy atom. The van der Waals surface area contributed by atoms with Crippen molar-refractivity contribution in [3.05, 3.63) is 12.4 Å². The maximum absolute atomic E-state index is 5.74. The second-order valence-corrected chi connectivity index (χ2v) is 3.94. The van der Waals surface area contributed by atoms with Crippen LogP contribution in [0.25, 0.3) is 0 Å². The van der Waals surface area contributed by atoms with E-state index in [4.69, 9.17) is 16.2 Å². The van der Waals surface area contributed by atoms with E-state index in [9.17, 15) is 0 Å². The molecule has 0 bridgehead atoms. The van der Waals surface area contributed by atoms with Crippen molar-refractivity contribution in [1.82, 2.24) is 9.97 Å². The molecule has 6 heteroatoms. The van der Waals surface area contributed by atoms with E-state index in [1.807, 2.05) is 0 Å². The van der Waals surface area contributed by atoms with Gasteiger partial charge in [-0.05, 0) is 6.42 Å². The van der Waals surface area contributed by atoms with Crippen LogP contribution in [0.5, 0.6) is 0 Å². The topological polar surface area (TPSA) is 90.3 Å². The molecule has 1 fully saturated rings. The summed E-state index contributed by atoms with van der Waals surface area (Å²) in [4.78, 5) is 10.2. The van der Waals surface area contributed by atoms with Crippen LogP contribution in [0, 0.1) is 0 Å². The molecule has 2 heterocycles. The first-order chi connectivity index (χ1) is 7.74. The number of aromatic nitrogens is 2. The third kappa shape index (κ3) is 2.07. The van der Waals surface area contributed by atoms with Gasteiger partial charge in [0.2, 0.25) is 0 Å². The van der Waals surface area contributed by atoms with Gasteiger partial charge in [0, 0.05) is 32.3 Å². The van der Waals surface area contributed by atoms with Gasteiger partial charge in [0.25, 0.3) is 0 Å². The van der Waals surface area contributed by atoms with E-state index in [-0.39, 0.29) is 12.1 Å². The third-order valence-electron chi connectivity index (χ3n) is 2.95. The molecule has 0 aromatic carbocycles. The molecule has 88 valence electrons. The molecule has 1 aromatic heterocycles. The molecule has 2 rings (SSSR count). The lowest BCUT2D eigenvalue weighted by molar-refractivity contribution is 0.118. The van der Waals surface area contributed by atoms with Crippen molar-refractivity contribution in [3.63, 3.8) is 0 Å². The summed E-state index contributed by atoms with van der Waals surface area (Å²) in [5.41, 5.74) is 11.4. The van der Waals surface area contributed by atoms with Crippen LogP contribution in [0.15, 0.2) is 12.4 Å². The van der Waals surface area contributed by atoms with Crippen LogP contribution in [-0.4, -0.2) is 42.3 Å². The minimum atomic E-state index is 0.213. The van der Waals surface area contributed by atoms with E-state index in [0.29, 0.717) is 12.4 Å². The fourth-order valence-corrected chi connectivity index (χ4v) is 2.07. The summed E-state index contributed by atoms with van der Waals surface area (Å²) in [5, 5.41) is 0. The Morgan fingerprint density at radius 2 is 2.38 bits per heavy atom. The van der Waals surface area contributed by atoms with Crippen LogP contribution in [-0.2, 0) is 4.74 Å². The molecule has 1 aromatic rings. The average Bonchev–Trinajstić information content (AvgIpc) is 2.72. The molecule has 16 heavy (non-hydrogen) atoms. The van der Waals surface area contributed by atoms with Crippen molar-refractivity contribution in [2.24, 2.45) is 5.73 Å². The minimum absolute atomic E-state index is 0.213. The van der Waals surface area contributed by atoms with Gasteiger partial charge in [-0.1, -0.05) is 0 Å². The van der Waals surface area contributed by atoms with Crippen molar-refractivity contribution < 1.29 is 4.74 Å². The first kappa shape index (κ1) is 11.1. The van der Waals surface area contributed by atoms with Crippen LogP contribution in [0.3, 0.4) is 0 Å². The number of ether oxygens (including phenoxy) is 1. The number of nitrogens with two attached hydrogens (primary N) is 2. The standard InChI is InChI=1S/C10H17N5O/c1-16-8-2-7(4-11)15(5-8)10-3-9(12)13-6-14-10/h3,6-8H,2,4-5,11H2,1H3,(H2,12,13,14)/t7-,8-/m0/s1. The Balaban J connectivity index is 2.19. The van der Waals surface area contributed by atoms with Crippen LogP contribution in [0.4, 0.5) is 11.6 Å². The Morgan fingerprint density at radius 3 is 3.00 bits per heavy atom. The van der Waals surface area contributed by atoms with Gasteiger partial charge >= 0.3 is 0 Å². The highest BCUT2D eigenvalue weighted by atomic mass is 16.5. The third-order valence-corrected chi connectivity index (χ3v) is 2.95. The summed E-state index contributed by atoms with van der Waals surface area (Å²) in [5.74, 6) is 1.30. The molecule has 1 aliphatic rings. The molecule has 0 aliphatic carbocycles. The lowest BCUT2D eigenvalue weighted by Gasteiger charge is -2.23. The van der Waals surface area contributed by atoms with E-state index in [2.05, 4.69) is 14.9 Å². The number of rotatable bonds is 3. The number of nitrogen functional groups attached to an aromatic ring is 1. The molecule has 0 unspecified atom stereocenters. The van der Waals surface area contributed by atoms with Gasteiger partial charge in [-0.2, -0.15) is 0 Å². The predicted molar refractivity (Wildman–Crippen MR) is 62.0 cm³/mol. The molecular formula is C10H17N5O. The number of nitrogens with zero attached hydrogens (tertiary/aromatic N) is 3. The lowest BCUT2D eigenvalue weighted by Crippen LogP contribution is -2.36. The molecular weight excluding hydrogens is 206 g/mol. The molecule has 0 radical (unpaired) electrons. The van der Waals surface area contributed by atoms with Gasteiger partial charge < -0.3 is 21.1 Å². The molecule has 1 saturated heterocycles. The molecule has 0 spiro atoms. The Labute approximate surface area is 94.6 Å². The number of hydrogen-bond acceptors (Lipinski definition) is 6. The molecule has 0 saturated carbocycles. The zero-order valence-electron chi connectivity index (χ0n) is 9.34. The Bertz CT molecular complexity index is 359. The number of methoxy groups -OCH3 is 1. The summed E-state index contributed by atoms with van der Waals surface area (Å²) < 4.78 is 5.35. The number of hydrogen-bond donors (Lipinski definition) is 2. The van der Waals surface area contributed by atoms with Gasteiger partial charge in [-0.15, -0.1) is 0 Å². The van der Waals surface area contributed by atoms with Crippen molar-refractivity contribution in [1.29, 1.82) is 0 Å². The van der Waals surface area contributed by atoms with Crippen LogP contribution >= 0.6 is 0 Å². The maximum atomic E-state index is 5.74. The first-order valence-electron chi connectivity index (χ1n) is 5.31. The zero-order valence-corrected chi connectivity index (χ0v) is 9.34. The SMILES string of the molecule is CO[C@H]1C[C@@H](CN)N(c2cc(N)ncn2)C1. The maximum Gasteiger partial charge on any atom is 0.134 e. The van der Waals surface area contributed by atoms with Gasteiger partial charge in [0.05, 0.1) is 6.10 Å². The highest BCUT2D eigenvalue weighted by Gasteiger charge is 2.32. The van der Waals surface area contributed by atoms with Crippen LogP contribution in [0.1, 0.15) is 6.42 Å². The minimum Gasteiger partial charge on any atom is -0.384 e. The van der Waals surface area contributed by atoms with E-state index < -0.39 is 0 Å². The van der Waals surface area contributed by atoms with Crippen LogP contribution < -0.4 is 16.4 Å². The van der Waals surface area contributed by atoms with Crippen molar-refractivity contribution >= 4 is 11.6 Å². The molecule has 0 amide bonds. The Kier molecular flexibility index (Phi) is 3.21. The lowest BCUT2D eigenvalue weighted by atomic mass is 10.2. The smallest absolute Gasteiger partial charge is 0.134 e. The van der Waals surface area contributed by atoms with Gasteiger partial charge in [-0.3, -0.25) is 0 Å². The second kappa shape index (κ2) is 4.63. The van der Waals surface area contributed by atoms with Crippen molar-refractivity contribution in [3.8, 4) is 0 Å². The highest BCUT2D eigenvalue weighted by Crippen LogP contribution is 2.25. The molecule has 2 atom stereocenters. The van der Waals surface area contributed by atoms with E-state index in [0.717, 1.165) is 18.8 Å². The van der Waals surface area contributed by atoms with E-state index >= 15 is 0 Å². The first-order valence-corrected chi connectivity index (χ1v) is 5.31. The highest BCUT2D eigenvalue weighted by molar-refractivity contribution is 5.48. The zero-order chi connectivity index (χ0) is 11.5.